The summed E-state index contributed by atoms with van der Waals surface area (Å²) < 4.78 is 1.52. The molecule has 0 aliphatic carbocycles. The molecule has 1 atom stereocenters. The summed E-state index contributed by atoms with van der Waals surface area (Å²) in [5, 5.41) is 19.9. The highest BCUT2D eigenvalue weighted by Crippen LogP contribution is 2.22. The molecule has 0 unspecified atom stereocenters. The maximum atomic E-state index is 12.5. The number of likely N-dealkylation sites (tertiary alicyclic amines) is 1. The van der Waals surface area contributed by atoms with E-state index in [9.17, 15) is 19.7 Å². The van der Waals surface area contributed by atoms with Gasteiger partial charge in [0, 0.05) is 25.7 Å². The minimum absolute atomic E-state index is 0.132. The number of rotatable bonds is 4. The predicted octanol–water partition coefficient (Wildman–Crippen LogP) is 1.35. The first kappa shape index (κ1) is 15.0. The van der Waals surface area contributed by atoms with Crippen molar-refractivity contribution in [3.05, 3.63) is 28.1 Å². The molecule has 1 saturated heterocycles. The zero-order chi connectivity index (χ0) is 15.6. The van der Waals surface area contributed by atoms with Crippen LogP contribution in [0.15, 0.2) is 12.3 Å². The van der Waals surface area contributed by atoms with Crippen LogP contribution >= 0.6 is 0 Å². The lowest BCUT2D eigenvalue weighted by atomic mass is 9.98. The largest absolute Gasteiger partial charge is 0.481 e. The van der Waals surface area contributed by atoms with Gasteiger partial charge in [-0.15, -0.1) is 0 Å². The third kappa shape index (κ3) is 3.04. The molecule has 8 nitrogen and oxygen atoms in total. The highest BCUT2D eigenvalue weighted by molar-refractivity contribution is 5.94. The van der Waals surface area contributed by atoms with Gasteiger partial charge in [0.15, 0.2) is 0 Å². The minimum Gasteiger partial charge on any atom is -0.481 e. The molecule has 21 heavy (non-hydrogen) atoms. The van der Waals surface area contributed by atoms with E-state index in [-0.39, 0.29) is 23.8 Å². The predicted molar refractivity (Wildman–Crippen MR) is 73.0 cm³/mol. The van der Waals surface area contributed by atoms with Crippen LogP contribution in [0.4, 0.5) is 5.69 Å². The Labute approximate surface area is 121 Å². The summed E-state index contributed by atoms with van der Waals surface area (Å²) in [6.45, 7) is 2.85. The van der Waals surface area contributed by atoms with Crippen LogP contribution in [0.3, 0.4) is 0 Å². The van der Waals surface area contributed by atoms with E-state index in [2.05, 4.69) is 0 Å². The van der Waals surface area contributed by atoms with Crippen molar-refractivity contribution in [3.8, 4) is 0 Å². The first-order valence-corrected chi connectivity index (χ1v) is 6.80. The lowest BCUT2D eigenvalue weighted by molar-refractivity contribution is -0.384. The Kier molecular flexibility index (Phi) is 4.25. The summed E-state index contributed by atoms with van der Waals surface area (Å²) in [5.41, 5.74) is 0.0993. The average molecular weight is 295 g/mol. The van der Waals surface area contributed by atoms with Gasteiger partial charge < -0.3 is 14.6 Å². The Morgan fingerprint density at radius 3 is 2.81 bits per heavy atom. The van der Waals surface area contributed by atoms with Gasteiger partial charge in [0.2, 0.25) is 0 Å². The average Bonchev–Trinajstić information content (AvgIpc) is 2.91. The quantitative estimate of drug-likeness (QED) is 0.666. The lowest BCUT2D eigenvalue weighted by Gasteiger charge is -2.30. The van der Waals surface area contributed by atoms with E-state index in [0.29, 0.717) is 25.9 Å². The molecule has 0 bridgehead atoms. The van der Waals surface area contributed by atoms with Crippen LogP contribution in [0.5, 0.6) is 0 Å². The van der Waals surface area contributed by atoms with Gasteiger partial charge in [0.1, 0.15) is 5.69 Å². The first-order valence-electron chi connectivity index (χ1n) is 6.80. The van der Waals surface area contributed by atoms with E-state index in [0.717, 1.165) is 0 Å². The zero-order valence-corrected chi connectivity index (χ0v) is 11.7. The van der Waals surface area contributed by atoms with E-state index in [1.54, 1.807) is 6.92 Å². The number of nitrogens with zero attached hydrogens (tertiary/aromatic N) is 3. The van der Waals surface area contributed by atoms with Crippen molar-refractivity contribution < 1.29 is 19.6 Å². The highest BCUT2D eigenvalue weighted by Gasteiger charge is 2.30. The Morgan fingerprint density at radius 2 is 2.24 bits per heavy atom. The van der Waals surface area contributed by atoms with Crippen molar-refractivity contribution >= 4 is 17.6 Å². The highest BCUT2D eigenvalue weighted by atomic mass is 16.6. The second-order valence-corrected chi connectivity index (χ2v) is 5.06. The smallest absolute Gasteiger partial charge is 0.308 e. The number of piperidine rings is 1. The molecule has 0 spiro atoms. The molecular weight excluding hydrogens is 278 g/mol. The number of aryl methyl sites for hydroxylation is 1. The second-order valence-electron chi connectivity index (χ2n) is 5.06. The summed E-state index contributed by atoms with van der Waals surface area (Å²) in [7, 11) is 0. The Morgan fingerprint density at radius 1 is 1.52 bits per heavy atom. The molecule has 1 aromatic rings. The number of hydrogen-bond acceptors (Lipinski definition) is 4. The molecule has 2 rings (SSSR count). The summed E-state index contributed by atoms with van der Waals surface area (Å²) >= 11 is 0. The third-order valence-electron chi connectivity index (χ3n) is 3.71. The number of hydrogen-bond donors (Lipinski definition) is 1. The molecule has 1 amide bonds. The van der Waals surface area contributed by atoms with Crippen molar-refractivity contribution in [2.45, 2.75) is 26.3 Å². The van der Waals surface area contributed by atoms with E-state index < -0.39 is 16.8 Å². The Hall–Kier alpha value is -2.38. The van der Waals surface area contributed by atoms with Gasteiger partial charge >= 0.3 is 5.97 Å². The van der Waals surface area contributed by atoms with Gasteiger partial charge in [-0.25, -0.2) is 0 Å². The van der Waals surface area contributed by atoms with Crippen molar-refractivity contribution in [2.75, 3.05) is 13.1 Å². The second kappa shape index (κ2) is 5.94. The van der Waals surface area contributed by atoms with Gasteiger partial charge in [-0.1, -0.05) is 0 Å². The van der Waals surface area contributed by atoms with Crippen LogP contribution < -0.4 is 0 Å². The number of carbonyl (C=O) groups is 2. The number of aromatic nitrogens is 1. The summed E-state index contributed by atoms with van der Waals surface area (Å²) in [6, 6.07) is 1.25. The van der Waals surface area contributed by atoms with Gasteiger partial charge in [-0.05, 0) is 19.8 Å². The fourth-order valence-electron chi connectivity index (χ4n) is 2.56. The maximum absolute atomic E-state index is 12.5. The molecule has 1 aliphatic rings. The number of carboxylic acids is 1. The maximum Gasteiger partial charge on any atom is 0.308 e. The minimum atomic E-state index is -0.913. The van der Waals surface area contributed by atoms with Crippen LogP contribution in [0.25, 0.3) is 0 Å². The summed E-state index contributed by atoms with van der Waals surface area (Å²) in [6.07, 6.45) is 2.50. The van der Waals surface area contributed by atoms with E-state index in [1.807, 2.05) is 0 Å². The fraction of sp³-hybridized carbons (Fsp3) is 0.538. The molecule has 1 fully saturated rings. The number of aliphatic carboxylic acids is 1. The normalized spacial score (nSPS) is 18.5. The van der Waals surface area contributed by atoms with Crippen molar-refractivity contribution in [3.63, 3.8) is 0 Å². The van der Waals surface area contributed by atoms with Gasteiger partial charge in [-0.3, -0.25) is 19.7 Å². The SMILES string of the molecule is CCn1cc([N+](=O)[O-])cc1C(=O)N1CCC[C@H](C(=O)O)C1. The Bertz CT molecular complexity index is 580. The van der Waals surface area contributed by atoms with E-state index >= 15 is 0 Å². The molecule has 1 aliphatic heterocycles. The van der Waals surface area contributed by atoms with Crippen LogP contribution in [0.2, 0.25) is 0 Å². The van der Waals surface area contributed by atoms with Gasteiger partial charge in [-0.2, -0.15) is 0 Å². The molecule has 2 heterocycles. The van der Waals surface area contributed by atoms with Gasteiger partial charge in [0.05, 0.1) is 17.0 Å². The molecular formula is C13H17N3O5. The zero-order valence-electron chi connectivity index (χ0n) is 11.7. The van der Waals surface area contributed by atoms with Crippen LogP contribution in [0.1, 0.15) is 30.3 Å². The number of carbonyl (C=O) groups excluding carboxylic acids is 1. The van der Waals surface area contributed by atoms with E-state index in [1.165, 1.54) is 21.7 Å². The van der Waals surface area contributed by atoms with E-state index in [4.69, 9.17) is 5.11 Å². The lowest BCUT2D eigenvalue weighted by Crippen LogP contribution is -2.42. The van der Waals surface area contributed by atoms with Crippen LogP contribution in [-0.2, 0) is 11.3 Å². The third-order valence-corrected chi connectivity index (χ3v) is 3.71. The first-order chi connectivity index (χ1) is 9.93. The number of amides is 1. The summed E-state index contributed by atoms with van der Waals surface area (Å²) in [4.78, 5) is 35.3. The molecule has 0 saturated carbocycles. The standard InChI is InChI=1S/C13H17N3O5/c1-2-14-8-10(16(20)21)6-11(14)12(17)15-5-3-4-9(7-15)13(18)19/h6,8-9H,2-5,7H2,1H3,(H,18,19)/t9-/m0/s1. The van der Waals surface area contributed by atoms with Crippen LogP contribution in [-0.4, -0.2) is 44.5 Å². The van der Waals surface area contributed by atoms with Crippen molar-refractivity contribution in [2.24, 2.45) is 5.92 Å². The molecule has 1 aromatic heterocycles. The number of nitro groups is 1. The fourth-order valence-corrected chi connectivity index (χ4v) is 2.56. The molecule has 1 N–H and O–H groups in total. The molecule has 114 valence electrons. The topological polar surface area (TPSA) is 106 Å². The molecule has 8 heteroatoms. The van der Waals surface area contributed by atoms with Crippen molar-refractivity contribution in [1.29, 1.82) is 0 Å². The molecule has 0 radical (unpaired) electrons. The monoisotopic (exact) mass is 295 g/mol. The number of carboxylic acid groups (broad SMARTS) is 1. The Balaban J connectivity index is 2.23. The summed E-state index contributed by atoms with van der Waals surface area (Å²) in [5.74, 6) is -1.83. The van der Waals surface area contributed by atoms with Crippen LogP contribution in [0, 0.1) is 16.0 Å². The molecule has 0 aromatic carbocycles. The van der Waals surface area contributed by atoms with Gasteiger partial charge in [0.25, 0.3) is 11.6 Å². The van der Waals surface area contributed by atoms with Crippen molar-refractivity contribution in [1.82, 2.24) is 9.47 Å².